The zero-order valence-electron chi connectivity index (χ0n) is 10.6. The van der Waals surface area contributed by atoms with E-state index in [1.54, 1.807) is 0 Å². The van der Waals surface area contributed by atoms with Crippen LogP contribution in [0.2, 0.25) is 0 Å². The molecule has 0 fully saturated rings. The van der Waals surface area contributed by atoms with E-state index in [1.807, 2.05) is 6.33 Å². The summed E-state index contributed by atoms with van der Waals surface area (Å²) >= 11 is 0. The predicted octanol–water partition coefficient (Wildman–Crippen LogP) is 2.08. The largest absolute Gasteiger partial charge is 0.316 e. The molecule has 1 aliphatic rings. The van der Waals surface area contributed by atoms with E-state index in [9.17, 15) is 0 Å². The predicted molar refractivity (Wildman–Crippen MR) is 70.0 cm³/mol. The summed E-state index contributed by atoms with van der Waals surface area (Å²) in [6, 6.07) is 8.89. The molecule has 0 saturated carbocycles. The molecule has 18 heavy (non-hydrogen) atoms. The molecule has 0 spiro atoms. The van der Waals surface area contributed by atoms with Gasteiger partial charge in [0.2, 0.25) is 0 Å². The lowest BCUT2D eigenvalue weighted by molar-refractivity contribution is 0.451. The van der Waals surface area contributed by atoms with Crippen molar-refractivity contribution in [1.29, 1.82) is 0 Å². The van der Waals surface area contributed by atoms with Gasteiger partial charge in [0.15, 0.2) is 0 Å². The average molecular weight is 242 g/mol. The highest BCUT2D eigenvalue weighted by atomic mass is 15.3. The summed E-state index contributed by atoms with van der Waals surface area (Å²) in [5, 5.41) is 11.9. The van der Waals surface area contributed by atoms with Gasteiger partial charge >= 0.3 is 0 Å². The minimum absolute atomic E-state index is 0.286. The number of nitrogens with one attached hydrogen (secondary N) is 1. The van der Waals surface area contributed by atoms with Gasteiger partial charge in [-0.15, -0.1) is 10.2 Å². The number of rotatable bonds is 3. The lowest BCUT2D eigenvalue weighted by atomic mass is 9.95. The summed E-state index contributed by atoms with van der Waals surface area (Å²) < 4.78 is 2.16. The van der Waals surface area contributed by atoms with Gasteiger partial charge in [0.05, 0.1) is 6.04 Å². The van der Waals surface area contributed by atoms with E-state index >= 15 is 0 Å². The maximum Gasteiger partial charge on any atom is 0.150 e. The van der Waals surface area contributed by atoms with Crippen molar-refractivity contribution in [1.82, 2.24) is 20.1 Å². The fourth-order valence-corrected chi connectivity index (χ4v) is 2.58. The van der Waals surface area contributed by atoms with Crippen molar-refractivity contribution in [3.63, 3.8) is 0 Å². The molecule has 1 atom stereocenters. The Bertz CT molecular complexity index is 532. The van der Waals surface area contributed by atoms with Crippen LogP contribution < -0.4 is 5.32 Å². The number of aromatic nitrogens is 3. The molecule has 0 aliphatic carbocycles. The molecule has 0 saturated heterocycles. The summed E-state index contributed by atoms with van der Waals surface area (Å²) in [6.45, 7) is 4.08. The molecule has 1 aromatic carbocycles. The van der Waals surface area contributed by atoms with Crippen LogP contribution in [-0.2, 0) is 19.5 Å². The zero-order chi connectivity index (χ0) is 12.4. The van der Waals surface area contributed by atoms with Crippen molar-refractivity contribution >= 4 is 0 Å². The Hall–Kier alpha value is -1.68. The Labute approximate surface area is 107 Å². The summed E-state index contributed by atoms with van der Waals surface area (Å²) in [5.41, 5.74) is 2.82. The summed E-state index contributed by atoms with van der Waals surface area (Å²) in [6.07, 6.45) is 3.94. The van der Waals surface area contributed by atoms with Crippen LogP contribution in [0.3, 0.4) is 0 Å². The SMILES string of the molecule is CCCn1cnnc1[C@@H]1Cc2ccccc2CN1. The van der Waals surface area contributed by atoms with Crippen LogP contribution in [0.1, 0.15) is 36.3 Å². The molecule has 94 valence electrons. The smallest absolute Gasteiger partial charge is 0.150 e. The van der Waals surface area contributed by atoms with E-state index in [4.69, 9.17) is 0 Å². The second kappa shape index (κ2) is 4.90. The van der Waals surface area contributed by atoms with Crippen LogP contribution in [0.4, 0.5) is 0 Å². The number of aryl methyl sites for hydroxylation is 1. The van der Waals surface area contributed by atoms with Gasteiger partial charge in [-0.1, -0.05) is 31.2 Å². The van der Waals surface area contributed by atoms with Gasteiger partial charge < -0.3 is 9.88 Å². The molecule has 0 amide bonds. The molecule has 1 aliphatic heterocycles. The number of hydrogen-bond acceptors (Lipinski definition) is 3. The number of fused-ring (bicyclic) bond motifs is 1. The van der Waals surface area contributed by atoms with Gasteiger partial charge in [-0.3, -0.25) is 0 Å². The van der Waals surface area contributed by atoms with Gasteiger partial charge in [-0.25, -0.2) is 0 Å². The van der Waals surface area contributed by atoms with Crippen molar-refractivity contribution < 1.29 is 0 Å². The first-order chi connectivity index (χ1) is 8.88. The standard InChI is InChI=1S/C14H18N4/c1-2-7-18-10-16-17-14(18)13-8-11-5-3-4-6-12(11)9-15-13/h3-6,10,13,15H,2,7-9H2,1H3/t13-/m0/s1. The van der Waals surface area contributed by atoms with Gasteiger partial charge in [-0.2, -0.15) is 0 Å². The average Bonchev–Trinajstić information content (AvgIpc) is 2.87. The normalized spacial score (nSPS) is 18.6. The Morgan fingerprint density at radius 1 is 1.33 bits per heavy atom. The van der Waals surface area contributed by atoms with Crippen molar-refractivity contribution in [3.8, 4) is 0 Å². The van der Waals surface area contributed by atoms with Crippen LogP contribution in [0.5, 0.6) is 0 Å². The third kappa shape index (κ3) is 2.04. The van der Waals surface area contributed by atoms with Crippen LogP contribution in [0.15, 0.2) is 30.6 Å². The second-order valence-electron chi connectivity index (χ2n) is 4.79. The van der Waals surface area contributed by atoms with E-state index in [-0.39, 0.29) is 6.04 Å². The van der Waals surface area contributed by atoms with Crippen LogP contribution in [0.25, 0.3) is 0 Å². The Morgan fingerprint density at radius 2 is 2.17 bits per heavy atom. The topological polar surface area (TPSA) is 42.7 Å². The highest BCUT2D eigenvalue weighted by molar-refractivity contribution is 5.30. The first-order valence-corrected chi connectivity index (χ1v) is 6.56. The minimum atomic E-state index is 0.286. The van der Waals surface area contributed by atoms with Gasteiger partial charge in [0.1, 0.15) is 12.2 Å². The molecule has 1 aromatic heterocycles. The van der Waals surface area contributed by atoms with E-state index < -0.39 is 0 Å². The van der Waals surface area contributed by atoms with Gasteiger partial charge in [-0.05, 0) is 24.0 Å². The molecule has 0 radical (unpaired) electrons. The molecule has 1 N–H and O–H groups in total. The zero-order valence-corrected chi connectivity index (χ0v) is 10.6. The Balaban J connectivity index is 1.85. The highest BCUT2D eigenvalue weighted by Gasteiger charge is 2.22. The van der Waals surface area contributed by atoms with Crippen LogP contribution in [-0.4, -0.2) is 14.8 Å². The first-order valence-electron chi connectivity index (χ1n) is 6.56. The first kappa shape index (κ1) is 11.4. The maximum absolute atomic E-state index is 4.28. The fraction of sp³-hybridized carbons (Fsp3) is 0.429. The maximum atomic E-state index is 4.28. The Morgan fingerprint density at radius 3 is 3.00 bits per heavy atom. The van der Waals surface area contributed by atoms with Crippen molar-refractivity contribution in [2.24, 2.45) is 0 Å². The van der Waals surface area contributed by atoms with Crippen molar-refractivity contribution in [2.45, 2.75) is 38.9 Å². The highest BCUT2D eigenvalue weighted by Crippen LogP contribution is 2.24. The lowest BCUT2D eigenvalue weighted by Crippen LogP contribution is -2.30. The Kier molecular flexibility index (Phi) is 3.11. The van der Waals surface area contributed by atoms with E-state index in [2.05, 4.69) is 51.3 Å². The van der Waals surface area contributed by atoms with E-state index in [0.717, 1.165) is 31.8 Å². The summed E-state index contributed by atoms with van der Waals surface area (Å²) in [7, 11) is 0. The molecule has 0 unspecified atom stereocenters. The molecule has 4 nitrogen and oxygen atoms in total. The monoisotopic (exact) mass is 242 g/mol. The molecule has 4 heteroatoms. The van der Waals surface area contributed by atoms with Crippen molar-refractivity contribution in [2.75, 3.05) is 0 Å². The lowest BCUT2D eigenvalue weighted by Gasteiger charge is -2.25. The third-order valence-electron chi connectivity index (χ3n) is 3.50. The fourth-order valence-electron chi connectivity index (χ4n) is 2.58. The van der Waals surface area contributed by atoms with Gasteiger partial charge in [0.25, 0.3) is 0 Å². The van der Waals surface area contributed by atoms with Crippen LogP contribution in [0, 0.1) is 0 Å². The molecular formula is C14H18N4. The second-order valence-corrected chi connectivity index (χ2v) is 4.79. The van der Waals surface area contributed by atoms with E-state index in [0.29, 0.717) is 0 Å². The number of nitrogens with zero attached hydrogens (tertiary/aromatic N) is 3. The third-order valence-corrected chi connectivity index (χ3v) is 3.50. The summed E-state index contributed by atoms with van der Waals surface area (Å²) in [5.74, 6) is 1.06. The quantitative estimate of drug-likeness (QED) is 0.896. The number of hydrogen-bond donors (Lipinski definition) is 1. The minimum Gasteiger partial charge on any atom is -0.316 e. The molecular weight excluding hydrogens is 224 g/mol. The van der Waals surface area contributed by atoms with E-state index in [1.165, 1.54) is 11.1 Å². The molecule has 3 rings (SSSR count). The molecule has 2 aromatic rings. The number of benzene rings is 1. The van der Waals surface area contributed by atoms with Gasteiger partial charge in [0, 0.05) is 13.1 Å². The summed E-state index contributed by atoms with van der Waals surface area (Å²) in [4.78, 5) is 0. The molecule has 2 heterocycles. The van der Waals surface area contributed by atoms with Crippen molar-refractivity contribution in [3.05, 3.63) is 47.5 Å². The molecule has 0 bridgehead atoms. The van der Waals surface area contributed by atoms with Crippen LogP contribution >= 0.6 is 0 Å².